The Hall–Kier alpha value is 0.140. The molecular formula is C14H23BrOS. The third kappa shape index (κ3) is 5.11. The van der Waals surface area contributed by atoms with Crippen LogP contribution in [0, 0.1) is 18.3 Å². The number of aryl methyl sites for hydroxylation is 1. The molecule has 2 atom stereocenters. The Morgan fingerprint density at radius 1 is 1.41 bits per heavy atom. The van der Waals surface area contributed by atoms with Crippen LogP contribution in [0.3, 0.4) is 0 Å². The molecule has 0 radical (unpaired) electrons. The predicted molar refractivity (Wildman–Crippen MR) is 79.6 cm³/mol. The number of hydrogen-bond acceptors (Lipinski definition) is 2. The van der Waals surface area contributed by atoms with Crippen molar-refractivity contribution in [1.29, 1.82) is 0 Å². The van der Waals surface area contributed by atoms with Gasteiger partial charge in [0.2, 0.25) is 0 Å². The van der Waals surface area contributed by atoms with Gasteiger partial charge in [-0.25, -0.2) is 0 Å². The maximum atomic E-state index is 10.2. The highest BCUT2D eigenvalue weighted by molar-refractivity contribution is 9.10. The topological polar surface area (TPSA) is 20.2 Å². The number of halogens is 1. The third-order valence-electron chi connectivity index (χ3n) is 2.79. The van der Waals surface area contributed by atoms with E-state index in [1.807, 2.05) is 0 Å². The lowest BCUT2D eigenvalue weighted by Crippen LogP contribution is -2.13. The summed E-state index contributed by atoms with van der Waals surface area (Å²) in [6, 6.07) is 2.05. The molecule has 0 saturated carbocycles. The average Bonchev–Trinajstić information content (AvgIpc) is 2.43. The standard InChI is InChI=1S/C14H23BrOS/c1-9(8-14(3,4)5)6-12(16)13-7-11(15)10(2)17-13/h7,9,12,16H,6,8H2,1-5H3. The molecule has 2 unspecified atom stereocenters. The van der Waals surface area contributed by atoms with E-state index in [0.717, 1.165) is 22.2 Å². The minimum Gasteiger partial charge on any atom is -0.388 e. The Labute approximate surface area is 117 Å². The first-order valence-corrected chi connectivity index (χ1v) is 7.74. The van der Waals surface area contributed by atoms with Gasteiger partial charge in [0.1, 0.15) is 0 Å². The van der Waals surface area contributed by atoms with E-state index in [-0.39, 0.29) is 6.10 Å². The Kier molecular flexibility index (Phi) is 5.23. The molecule has 1 aromatic heterocycles. The first-order valence-electron chi connectivity index (χ1n) is 6.13. The summed E-state index contributed by atoms with van der Waals surface area (Å²) in [6.07, 6.45) is 1.68. The van der Waals surface area contributed by atoms with Gasteiger partial charge in [0.05, 0.1) is 6.10 Å². The van der Waals surface area contributed by atoms with Crippen LogP contribution in [0.1, 0.15) is 56.4 Å². The monoisotopic (exact) mass is 318 g/mol. The van der Waals surface area contributed by atoms with Crippen molar-refractivity contribution in [3.05, 3.63) is 20.3 Å². The molecule has 0 spiro atoms. The van der Waals surface area contributed by atoms with E-state index in [0.29, 0.717) is 11.3 Å². The van der Waals surface area contributed by atoms with Crippen LogP contribution in [0.4, 0.5) is 0 Å². The molecule has 0 aliphatic rings. The Morgan fingerprint density at radius 2 is 2.00 bits per heavy atom. The van der Waals surface area contributed by atoms with Crippen LogP contribution in [0.25, 0.3) is 0 Å². The van der Waals surface area contributed by atoms with Gasteiger partial charge in [-0.15, -0.1) is 11.3 Å². The van der Waals surface area contributed by atoms with E-state index >= 15 is 0 Å². The molecule has 1 aromatic rings. The molecule has 1 nitrogen and oxygen atoms in total. The minimum atomic E-state index is -0.317. The van der Waals surface area contributed by atoms with Crippen molar-refractivity contribution in [3.63, 3.8) is 0 Å². The second-order valence-corrected chi connectivity index (χ2v) is 8.32. The van der Waals surface area contributed by atoms with Crippen LogP contribution >= 0.6 is 27.3 Å². The van der Waals surface area contributed by atoms with Crippen molar-refractivity contribution < 1.29 is 5.11 Å². The summed E-state index contributed by atoms with van der Waals surface area (Å²) in [5.41, 5.74) is 0.338. The summed E-state index contributed by atoms with van der Waals surface area (Å²) in [5.74, 6) is 0.547. The molecule has 0 saturated heterocycles. The van der Waals surface area contributed by atoms with E-state index in [4.69, 9.17) is 0 Å². The summed E-state index contributed by atoms with van der Waals surface area (Å²) < 4.78 is 1.11. The molecule has 98 valence electrons. The van der Waals surface area contributed by atoms with Gasteiger partial charge in [-0.1, -0.05) is 27.7 Å². The smallest absolute Gasteiger partial charge is 0.0885 e. The lowest BCUT2D eigenvalue weighted by atomic mass is 9.83. The second kappa shape index (κ2) is 5.85. The molecule has 1 rings (SSSR count). The molecule has 0 aliphatic heterocycles. The van der Waals surface area contributed by atoms with Crippen LogP contribution in [-0.2, 0) is 0 Å². The molecule has 1 N–H and O–H groups in total. The quantitative estimate of drug-likeness (QED) is 0.797. The number of rotatable bonds is 4. The van der Waals surface area contributed by atoms with E-state index in [1.165, 1.54) is 4.88 Å². The summed E-state index contributed by atoms with van der Waals surface area (Å²) >= 11 is 5.18. The van der Waals surface area contributed by atoms with E-state index < -0.39 is 0 Å². The van der Waals surface area contributed by atoms with E-state index in [1.54, 1.807) is 11.3 Å². The minimum absolute atomic E-state index is 0.317. The number of thiophene rings is 1. The SMILES string of the molecule is Cc1sc(C(O)CC(C)CC(C)(C)C)cc1Br. The van der Waals surface area contributed by atoms with Crippen molar-refractivity contribution in [2.24, 2.45) is 11.3 Å². The maximum absolute atomic E-state index is 10.2. The Bertz CT molecular complexity index is 345. The zero-order chi connectivity index (χ0) is 13.2. The zero-order valence-corrected chi connectivity index (χ0v) is 13.8. The van der Waals surface area contributed by atoms with E-state index in [9.17, 15) is 5.11 Å². The lowest BCUT2D eigenvalue weighted by molar-refractivity contribution is 0.137. The summed E-state index contributed by atoms with van der Waals surface area (Å²) in [4.78, 5) is 2.32. The Balaban J connectivity index is 2.57. The van der Waals surface area contributed by atoms with E-state index in [2.05, 4.69) is 56.6 Å². The number of hydrogen-bond donors (Lipinski definition) is 1. The second-order valence-electron chi connectivity index (χ2n) is 6.17. The molecule has 1 heterocycles. The normalized spacial score (nSPS) is 15.9. The maximum Gasteiger partial charge on any atom is 0.0885 e. The highest BCUT2D eigenvalue weighted by Crippen LogP contribution is 2.35. The fraction of sp³-hybridized carbons (Fsp3) is 0.714. The van der Waals surface area contributed by atoms with Gasteiger partial charge in [0, 0.05) is 14.2 Å². The van der Waals surface area contributed by atoms with Crippen LogP contribution in [0.2, 0.25) is 0 Å². The predicted octanol–water partition coefficient (Wildman–Crippen LogP) is 5.31. The van der Waals surface area contributed by atoms with Crippen LogP contribution in [0.15, 0.2) is 10.5 Å². The van der Waals surface area contributed by atoms with Crippen molar-refractivity contribution in [2.75, 3.05) is 0 Å². The van der Waals surface area contributed by atoms with Crippen LogP contribution in [-0.4, -0.2) is 5.11 Å². The average molecular weight is 319 g/mol. The van der Waals surface area contributed by atoms with Crippen molar-refractivity contribution >= 4 is 27.3 Å². The van der Waals surface area contributed by atoms with Gasteiger partial charge in [-0.2, -0.15) is 0 Å². The molecule has 3 heteroatoms. The van der Waals surface area contributed by atoms with Gasteiger partial charge in [0.25, 0.3) is 0 Å². The lowest BCUT2D eigenvalue weighted by Gasteiger charge is -2.24. The van der Waals surface area contributed by atoms with Crippen LogP contribution in [0.5, 0.6) is 0 Å². The molecule has 0 fully saturated rings. The van der Waals surface area contributed by atoms with Gasteiger partial charge >= 0.3 is 0 Å². The molecule has 0 bridgehead atoms. The molecular weight excluding hydrogens is 296 g/mol. The number of aliphatic hydroxyl groups is 1. The van der Waals surface area contributed by atoms with Gasteiger partial charge < -0.3 is 5.11 Å². The fourth-order valence-corrected chi connectivity index (χ4v) is 3.83. The summed E-state index contributed by atoms with van der Waals surface area (Å²) in [7, 11) is 0. The first kappa shape index (κ1) is 15.2. The highest BCUT2D eigenvalue weighted by atomic mass is 79.9. The largest absolute Gasteiger partial charge is 0.388 e. The van der Waals surface area contributed by atoms with Crippen LogP contribution < -0.4 is 0 Å². The zero-order valence-electron chi connectivity index (χ0n) is 11.4. The van der Waals surface area contributed by atoms with Crippen molar-refractivity contribution in [1.82, 2.24) is 0 Å². The first-order chi connectivity index (χ1) is 7.69. The summed E-state index contributed by atoms with van der Waals surface area (Å²) in [5, 5.41) is 10.2. The fourth-order valence-electron chi connectivity index (χ4n) is 2.27. The van der Waals surface area contributed by atoms with Gasteiger partial charge in [-0.3, -0.25) is 0 Å². The molecule has 0 aromatic carbocycles. The molecule has 0 amide bonds. The van der Waals surface area contributed by atoms with Crippen molar-refractivity contribution in [2.45, 2.75) is 53.6 Å². The Morgan fingerprint density at radius 3 is 2.41 bits per heavy atom. The molecule has 0 aliphatic carbocycles. The van der Waals surface area contributed by atoms with Crippen molar-refractivity contribution in [3.8, 4) is 0 Å². The third-order valence-corrected chi connectivity index (χ3v) is 5.03. The van der Waals surface area contributed by atoms with Gasteiger partial charge in [0.15, 0.2) is 0 Å². The van der Waals surface area contributed by atoms with Gasteiger partial charge in [-0.05, 0) is 53.1 Å². The highest BCUT2D eigenvalue weighted by Gasteiger charge is 2.20. The number of aliphatic hydroxyl groups excluding tert-OH is 1. The molecule has 17 heavy (non-hydrogen) atoms. The summed E-state index contributed by atoms with van der Waals surface area (Å²) in [6.45, 7) is 11.1.